The number of hydrogen-bond acceptors (Lipinski definition) is 6. The van der Waals surface area contributed by atoms with Crippen molar-refractivity contribution in [2.45, 2.75) is 63.8 Å². The molecule has 1 saturated carbocycles. The van der Waals surface area contributed by atoms with Gasteiger partial charge in [0, 0.05) is 45.2 Å². The maximum atomic E-state index is 15.3. The molecule has 2 bridgehead atoms. The highest BCUT2D eigenvalue weighted by molar-refractivity contribution is 5.90. The molecular formula is C19H28FN3O4. The number of rotatable bonds is 5. The van der Waals surface area contributed by atoms with Gasteiger partial charge in [-0.1, -0.05) is 0 Å². The Hall–Kier alpha value is -1.77. The van der Waals surface area contributed by atoms with Crippen molar-refractivity contribution in [3.8, 4) is 0 Å². The third-order valence-corrected chi connectivity index (χ3v) is 4.92. The van der Waals surface area contributed by atoms with Crippen LogP contribution in [0, 0.1) is 0 Å². The van der Waals surface area contributed by atoms with Gasteiger partial charge in [-0.05, 0) is 39.4 Å². The summed E-state index contributed by atoms with van der Waals surface area (Å²) in [5, 5.41) is 3.06. The fourth-order valence-electron chi connectivity index (χ4n) is 3.74. The van der Waals surface area contributed by atoms with Crippen LogP contribution in [0.5, 0.6) is 0 Å². The molecule has 0 unspecified atom stereocenters. The zero-order chi connectivity index (χ0) is 20.0. The van der Waals surface area contributed by atoms with Crippen LogP contribution < -0.4 is 10.2 Å². The van der Waals surface area contributed by atoms with Crippen molar-refractivity contribution in [2.24, 2.45) is 0 Å². The molecule has 4 rings (SSSR count). The normalized spacial score (nSPS) is 23.9. The van der Waals surface area contributed by atoms with Crippen LogP contribution in [0.15, 0.2) is 6.07 Å². The van der Waals surface area contributed by atoms with E-state index >= 15 is 4.39 Å². The first kappa shape index (κ1) is 20.0. The molecule has 8 heteroatoms. The number of methoxy groups -OCH3 is 2. The summed E-state index contributed by atoms with van der Waals surface area (Å²) in [7, 11) is 4.83. The first-order chi connectivity index (χ1) is 12.6. The Balaban J connectivity index is 2.10. The van der Waals surface area contributed by atoms with E-state index in [0.29, 0.717) is 23.6 Å². The number of halogens is 1. The fourth-order valence-corrected chi connectivity index (χ4v) is 3.74. The van der Waals surface area contributed by atoms with Crippen molar-refractivity contribution in [1.82, 2.24) is 10.3 Å². The summed E-state index contributed by atoms with van der Waals surface area (Å²) in [4.78, 5) is 18.9. The van der Waals surface area contributed by atoms with Crippen LogP contribution in [0.1, 0.15) is 56.7 Å². The van der Waals surface area contributed by atoms with E-state index in [9.17, 15) is 4.79 Å². The van der Waals surface area contributed by atoms with Gasteiger partial charge in [-0.15, -0.1) is 0 Å². The van der Waals surface area contributed by atoms with Crippen LogP contribution in [-0.4, -0.2) is 44.0 Å². The molecule has 1 aromatic rings. The van der Waals surface area contributed by atoms with Crippen molar-refractivity contribution in [2.75, 3.05) is 26.2 Å². The number of carbonyl (C=O) groups excluding carboxylic acids is 1. The number of nitrogens with zero attached hydrogens (tertiary/aromatic N) is 2. The third-order valence-electron chi connectivity index (χ3n) is 4.92. The molecule has 1 N–H and O–H groups in total. The van der Waals surface area contributed by atoms with Gasteiger partial charge in [0.15, 0.2) is 0 Å². The van der Waals surface area contributed by atoms with E-state index in [1.807, 2.05) is 0 Å². The second-order valence-electron chi connectivity index (χ2n) is 8.12. The molecule has 150 valence electrons. The van der Waals surface area contributed by atoms with E-state index in [1.54, 1.807) is 33.9 Å². The number of pyridine rings is 1. The topological polar surface area (TPSA) is 72.9 Å². The van der Waals surface area contributed by atoms with Gasteiger partial charge >= 0.3 is 6.09 Å². The average Bonchev–Trinajstić information content (AvgIpc) is 2.54. The Bertz CT molecular complexity index is 724. The molecule has 7 nitrogen and oxygen atoms in total. The number of alkyl halides is 1. The molecule has 2 aliphatic heterocycles. The number of amides is 1. The monoisotopic (exact) mass is 381 g/mol. The predicted molar refractivity (Wildman–Crippen MR) is 98.3 cm³/mol. The predicted octanol–water partition coefficient (Wildman–Crippen LogP) is 3.17. The Kier molecular flexibility index (Phi) is 5.18. The van der Waals surface area contributed by atoms with E-state index in [-0.39, 0.29) is 18.9 Å². The van der Waals surface area contributed by atoms with E-state index in [4.69, 9.17) is 14.2 Å². The zero-order valence-corrected chi connectivity index (χ0v) is 16.8. The molecule has 0 aromatic carbocycles. The van der Waals surface area contributed by atoms with Crippen LogP contribution in [0.25, 0.3) is 0 Å². The van der Waals surface area contributed by atoms with Gasteiger partial charge in [-0.3, -0.25) is 4.90 Å². The minimum Gasteiger partial charge on any atom is -0.443 e. The Morgan fingerprint density at radius 2 is 2.04 bits per heavy atom. The van der Waals surface area contributed by atoms with Crippen LogP contribution in [0.4, 0.5) is 15.0 Å². The molecule has 0 atom stereocenters. The summed E-state index contributed by atoms with van der Waals surface area (Å²) in [5.74, 6) is 0.295. The highest BCUT2D eigenvalue weighted by atomic mass is 19.1. The number of carbonyl (C=O) groups is 1. The van der Waals surface area contributed by atoms with Crippen molar-refractivity contribution >= 4 is 11.9 Å². The lowest BCUT2D eigenvalue weighted by atomic mass is 9.68. The van der Waals surface area contributed by atoms with E-state index in [0.717, 1.165) is 5.56 Å². The minimum absolute atomic E-state index is 0.253. The van der Waals surface area contributed by atoms with E-state index in [1.165, 1.54) is 19.1 Å². The molecule has 0 spiro atoms. The second-order valence-corrected chi connectivity index (χ2v) is 8.12. The summed E-state index contributed by atoms with van der Waals surface area (Å²) < 4.78 is 31.6. The lowest BCUT2D eigenvalue weighted by Gasteiger charge is -2.52. The van der Waals surface area contributed by atoms with Gasteiger partial charge in [0.25, 0.3) is 0 Å². The van der Waals surface area contributed by atoms with Crippen molar-refractivity contribution in [3.05, 3.63) is 22.9 Å². The molecule has 0 radical (unpaired) electrons. The van der Waals surface area contributed by atoms with E-state index in [2.05, 4.69) is 10.3 Å². The smallest absolute Gasteiger partial charge is 0.416 e. The number of anilines is 1. The highest BCUT2D eigenvalue weighted by Gasteiger charge is 2.58. The number of aromatic nitrogens is 1. The number of hydrogen-bond donors (Lipinski definition) is 1. The Morgan fingerprint density at radius 3 is 2.56 bits per heavy atom. The molecule has 1 amide bonds. The summed E-state index contributed by atoms with van der Waals surface area (Å²) in [6, 6.07) is 1.52. The van der Waals surface area contributed by atoms with Crippen LogP contribution >= 0.6 is 0 Å². The van der Waals surface area contributed by atoms with Gasteiger partial charge in [-0.2, -0.15) is 0 Å². The largest absolute Gasteiger partial charge is 0.443 e. The lowest BCUT2D eigenvalue weighted by molar-refractivity contribution is -0.109. The SMILES string of the molecule is CNCc1cc2c(nc1C(OC)OC)N(C(=O)OC(C)(C)C)C1CC2(F)C1. The van der Waals surface area contributed by atoms with Crippen molar-refractivity contribution in [3.63, 3.8) is 0 Å². The van der Waals surface area contributed by atoms with Gasteiger partial charge in [0.2, 0.25) is 6.29 Å². The molecule has 1 aromatic heterocycles. The van der Waals surface area contributed by atoms with Crippen LogP contribution in [-0.2, 0) is 26.4 Å². The molecule has 0 saturated heterocycles. The molecule has 1 aliphatic carbocycles. The van der Waals surface area contributed by atoms with Gasteiger partial charge in [-0.25, -0.2) is 14.2 Å². The maximum absolute atomic E-state index is 15.3. The average molecular weight is 381 g/mol. The summed E-state index contributed by atoms with van der Waals surface area (Å²) in [6.45, 7) is 5.88. The standard InChI is InChI=1S/C19H28FN3O4/c1-18(2,3)27-17(24)23-12-8-19(20,9-12)13-7-11(10-21-4)14(22-15(13)23)16(25-5)26-6/h7,12,16,21H,8-10H2,1-6H3. The minimum atomic E-state index is -1.46. The molecule has 3 aliphatic rings. The first-order valence-corrected chi connectivity index (χ1v) is 9.09. The molecular weight excluding hydrogens is 353 g/mol. The van der Waals surface area contributed by atoms with E-state index < -0.39 is 23.7 Å². The fraction of sp³-hybridized carbons (Fsp3) is 0.684. The van der Waals surface area contributed by atoms with Crippen LogP contribution in [0.3, 0.4) is 0 Å². The second kappa shape index (κ2) is 7.00. The summed E-state index contributed by atoms with van der Waals surface area (Å²) in [5.41, 5.74) is -0.386. The lowest BCUT2D eigenvalue weighted by Crippen LogP contribution is -2.60. The van der Waals surface area contributed by atoms with Crippen LogP contribution in [0.2, 0.25) is 0 Å². The van der Waals surface area contributed by atoms with Gasteiger partial charge < -0.3 is 19.5 Å². The summed E-state index contributed by atoms with van der Waals surface area (Å²) in [6.07, 6.45) is -0.705. The van der Waals surface area contributed by atoms with Crippen molar-refractivity contribution in [1.29, 1.82) is 0 Å². The van der Waals surface area contributed by atoms with Gasteiger partial charge in [0.1, 0.15) is 22.8 Å². The highest BCUT2D eigenvalue weighted by Crippen LogP contribution is 2.56. The zero-order valence-electron chi connectivity index (χ0n) is 16.8. The first-order valence-electron chi connectivity index (χ1n) is 9.09. The molecule has 1 fully saturated rings. The third kappa shape index (κ3) is 3.53. The summed E-state index contributed by atoms with van der Waals surface area (Å²) >= 11 is 0. The molecule has 27 heavy (non-hydrogen) atoms. The maximum Gasteiger partial charge on any atom is 0.416 e. The number of ether oxygens (including phenoxy) is 3. The Morgan fingerprint density at radius 1 is 1.41 bits per heavy atom. The quantitative estimate of drug-likeness (QED) is 0.790. The Labute approximate surface area is 159 Å². The van der Waals surface area contributed by atoms with Gasteiger partial charge in [0.05, 0.1) is 0 Å². The number of nitrogens with one attached hydrogen (secondary N) is 1. The molecule has 3 heterocycles. The van der Waals surface area contributed by atoms with Crippen molar-refractivity contribution < 1.29 is 23.4 Å².